The molecule has 6 rings (SSSR count). The van der Waals surface area contributed by atoms with E-state index in [2.05, 4.69) is 39.1 Å². The second-order valence-electron chi connectivity index (χ2n) is 12.9. The van der Waals surface area contributed by atoms with Gasteiger partial charge in [0.1, 0.15) is 5.72 Å². The van der Waals surface area contributed by atoms with Crippen LogP contribution in [-0.4, -0.2) is 40.8 Å². The molecule has 0 bridgehead atoms. The zero-order chi connectivity index (χ0) is 21.8. The van der Waals surface area contributed by atoms with Crippen LogP contribution in [0.25, 0.3) is 0 Å². The minimum atomic E-state index is -0.530. The lowest BCUT2D eigenvalue weighted by Crippen LogP contribution is -2.64. The third kappa shape index (κ3) is 2.68. The van der Waals surface area contributed by atoms with Gasteiger partial charge in [0.2, 0.25) is 0 Å². The van der Waals surface area contributed by atoms with E-state index in [1.807, 2.05) is 0 Å². The molecule has 0 amide bonds. The van der Waals surface area contributed by atoms with Crippen LogP contribution in [-0.2, 0) is 4.74 Å². The molecule has 4 nitrogen and oxygen atoms in total. The maximum atomic E-state index is 11.1. The molecular formula is C27H43NO3. The van der Waals surface area contributed by atoms with Gasteiger partial charge in [0.25, 0.3) is 0 Å². The lowest BCUT2D eigenvalue weighted by Gasteiger charge is -2.58. The highest BCUT2D eigenvalue weighted by atomic mass is 16.5. The Balaban J connectivity index is 1.29. The molecule has 2 saturated heterocycles. The normalized spacial score (nSPS) is 60.7. The quantitative estimate of drug-likeness (QED) is 0.504. The molecule has 1 spiro atoms. The minimum Gasteiger partial charge on any atom is -0.393 e. The van der Waals surface area contributed by atoms with Gasteiger partial charge in [-0.1, -0.05) is 39.3 Å². The summed E-state index contributed by atoms with van der Waals surface area (Å²) in [4.78, 5) is 0. The number of fused-ring (bicyclic) bond motifs is 7. The van der Waals surface area contributed by atoms with E-state index in [1.165, 1.54) is 25.7 Å². The van der Waals surface area contributed by atoms with Crippen LogP contribution in [0.15, 0.2) is 11.6 Å². The first-order valence-electron chi connectivity index (χ1n) is 13.2. The minimum absolute atomic E-state index is 0.127. The van der Waals surface area contributed by atoms with E-state index in [-0.39, 0.29) is 12.2 Å². The first-order valence-corrected chi connectivity index (χ1v) is 13.2. The molecule has 6 aliphatic rings. The average molecular weight is 430 g/mol. The highest BCUT2D eigenvalue weighted by Crippen LogP contribution is 2.70. The highest BCUT2D eigenvalue weighted by molar-refractivity contribution is 5.26. The van der Waals surface area contributed by atoms with Gasteiger partial charge in [-0.05, 0) is 91.8 Å². The number of piperidine rings is 1. The van der Waals surface area contributed by atoms with Gasteiger partial charge in [0, 0.05) is 12.5 Å². The Morgan fingerprint density at radius 2 is 1.87 bits per heavy atom. The first-order chi connectivity index (χ1) is 14.7. The summed E-state index contributed by atoms with van der Waals surface area (Å²) in [6.45, 7) is 10.6. The van der Waals surface area contributed by atoms with Crippen LogP contribution in [0.1, 0.15) is 79.1 Å². The van der Waals surface area contributed by atoms with Crippen LogP contribution in [0.2, 0.25) is 0 Å². The number of hydrogen-bond donors (Lipinski definition) is 3. The van der Waals surface area contributed by atoms with Gasteiger partial charge in [0.05, 0.1) is 18.3 Å². The van der Waals surface area contributed by atoms with Crippen molar-refractivity contribution < 1.29 is 14.9 Å². The average Bonchev–Trinajstić information content (AvgIpc) is 3.17. The molecule has 2 aliphatic heterocycles. The Morgan fingerprint density at radius 3 is 2.65 bits per heavy atom. The Bertz CT molecular complexity index is 782. The maximum Gasteiger partial charge on any atom is 0.148 e. The highest BCUT2D eigenvalue weighted by Gasteiger charge is 2.69. The largest absolute Gasteiger partial charge is 0.393 e. The summed E-state index contributed by atoms with van der Waals surface area (Å²) in [5.41, 5.74) is 1.64. The Labute approximate surface area is 188 Å². The molecule has 0 aromatic rings. The summed E-state index contributed by atoms with van der Waals surface area (Å²) in [7, 11) is 0. The number of hydrogen-bond acceptors (Lipinski definition) is 4. The van der Waals surface area contributed by atoms with Gasteiger partial charge < -0.3 is 14.9 Å². The third-order valence-electron chi connectivity index (χ3n) is 11.6. The van der Waals surface area contributed by atoms with Crippen molar-refractivity contribution in [1.29, 1.82) is 0 Å². The predicted molar refractivity (Wildman–Crippen MR) is 121 cm³/mol. The number of rotatable bonds is 0. The van der Waals surface area contributed by atoms with Crippen molar-refractivity contribution in [3.8, 4) is 0 Å². The summed E-state index contributed by atoms with van der Waals surface area (Å²) in [6, 6.07) is 0. The molecule has 4 heteroatoms. The zero-order valence-electron chi connectivity index (χ0n) is 19.9. The number of allylic oxidation sites excluding steroid dienone is 1. The maximum absolute atomic E-state index is 11.1. The second kappa shape index (κ2) is 6.81. The molecule has 174 valence electrons. The van der Waals surface area contributed by atoms with Gasteiger partial charge in [-0.25, -0.2) is 0 Å². The molecule has 12 atom stereocenters. The van der Waals surface area contributed by atoms with Crippen LogP contribution in [0, 0.1) is 46.3 Å². The second-order valence-corrected chi connectivity index (χ2v) is 12.9. The predicted octanol–water partition coefficient (Wildman–Crippen LogP) is 4.26. The van der Waals surface area contributed by atoms with Crippen molar-refractivity contribution >= 4 is 0 Å². The Hall–Kier alpha value is -0.420. The fourth-order valence-corrected chi connectivity index (χ4v) is 9.98. The van der Waals surface area contributed by atoms with Crippen molar-refractivity contribution in [2.45, 2.75) is 103 Å². The van der Waals surface area contributed by atoms with Crippen LogP contribution >= 0.6 is 0 Å². The molecule has 0 radical (unpaired) electrons. The molecule has 2 heterocycles. The van der Waals surface area contributed by atoms with Crippen LogP contribution in [0.5, 0.6) is 0 Å². The van der Waals surface area contributed by atoms with E-state index in [4.69, 9.17) is 4.74 Å². The van der Waals surface area contributed by atoms with Crippen molar-refractivity contribution in [3.05, 3.63) is 11.6 Å². The van der Waals surface area contributed by atoms with Gasteiger partial charge in [-0.2, -0.15) is 0 Å². The van der Waals surface area contributed by atoms with Crippen LogP contribution in [0.4, 0.5) is 0 Å². The number of aliphatic hydroxyl groups is 2. The summed E-state index contributed by atoms with van der Waals surface area (Å²) in [6.07, 6.45) is 11.1. The lowest BCUT2D eigenvalue weighted by molar-refractivity contribution is -0.177. The van der Waals surface area contributed by atoms with Crippen molar-refractivity contribution in [3.63, 3.8) is 0 Å². The summed E-state index contributed by atoms with van der Waals surface area (Å²) < 4.78 is 6.86. The zero-order valence-corrected chi connectivity index (χ0v) is 19.9. The van der Waals surface area contributed by atoms with Gasteiger partial charge in [-0.15, -0.1) is 0 Å². The molecule has 0 aromatic carbocycles. The topological polar surface area (TPSA) is 61.7 Å². The number of nitrogens with one attached hydrogen (secondary N) is 1. The lowest BCUT2D eigenvalue weighted by atomic mass is 9.46. The molecule has 31 heavy (non-hydrogen) atoms. The fraction of sp³-hybridized carbons (Fsp3) is 0.926. The molecular weight excluding hydrogens is 386 g/mol. The molecule has 3 N–H and O–H groups in total. The summed E-state index contributed by atoms with van der Waals surface area (Å²) in [5, 5.41) is 25.0. The molecule has 0 aromatic heterocycles. The molecule has 3 saturated carbocycles. The van der Waals surface area contributed by atoms with E-state index in [9.17, 15) is 10.2 Å². The third-order valence-corrected chi connectivity index (χ3v) is 11.6. The van der Waals surface area contributed by atoms with Crippen LogP contribution < -0.4 is 5.32 Å². The molecule has 4 aliphatic carbocycles. The first kappa shape index (κ1) is 21.1. The standard InChI is InChI=1S/C27H43NO3/c1-15-11-23(30)27(28-14-15)16(2)24-22(31-27)13-21-19-6-5-17-12-18(29)7-9-25(17,3)20(19)8-10-26(21,24)4/h5,15-16,18-24,28-30H,6-14H2,1-4H3. The fourth-order valence-electron chi connectivity index (χ4n) is 9.98. The van der Waals surface area contributed by atoms with Crippen molar-refractivity contribution in [2.75, 3.05) is 6.54 Å². The molecule has 5 fully saturated rings. The smallest absolute Gasteiger partial charge is 0.148 e. The number of aliphatic hydroxyl groups excluding tert-OH is 2. The number of ether oxygens (including phenoxy) is 1. The Morgan fingerprint density at radius 1 is 1.06 bits per heavy atom. The van der Waals surface area contributed by atoms with E-state index >= 15 is 0 Å². The van der Waals surface area contributed by atoms with Gasteiger partial charge >= 0.3 is 0 Å². The van der Waals surface area contributed by atoms with E-state index in [0.29, 0.717) is 28.6 Å². The molecule has 12 unspecified atom stereocenters. The van der Waals surface area contributed by atoms with Gasteiger partial charge in [-0.3, -0.25) is 5.32 Å². The van der Waals surface area contributed by atoms with E-state index < -0.39 is 11.8 Å². The summed E-state index contributed by atoms with van der Waals surface area (Å²) >= 11 is 0. The van der Waals surface area contributed by atoms with E-state index in [0.717, 1.165) is 50.0 Å². The SMILES string of the molecule is CC1CNC2(OC3CC4C5CC=C6CC(O)CCC6(C)C5CCC4(C)C3C2C)C(O)C1. The Kier molecular flexibility index (Phi) is 4.64. The van der Waals surface area contributed by atoms with Crippen LogP contribution in [0.3, 0.4) is 0 Å². The summed E-state index contributed by atoms with van der Waals surface area (Å²) in [5.74, 6) is 3.64. The van der Waals surface area contributed by atoms with Crippen molar-refractivity contribution in [2.24, 2.45) is 46.3 Å². The van der Waals surface area contributed by atoms with E-state index in [1.54, 1.807) is 5.57 Å². The van der Waals surface area contributed by atoms with Crippen molar-refractivity contribution in [1.82, 2.24) is 5.32 Å². The van der Waals surface area contributed by atoms with Gasteiger partial charge in [0.15, 0.2) is 0 Å². The monoisotopic (exact) mass is 429 g/mol.